The fourth-order valence-corrected chi connectivity index (χ4v) is 4.98. The Kier molecular flexibility index (Phi) is 5.91. The summed E-state index contributed by atoms with van der Waals surface area (Å²) in [6.07, 6.45) is 2.51. The van der Waals surface area contributed by atoms with Crippen LogP contribution in [-0.4, -0.2) is 39.2 Å². The van der Waals surface area contributed by atoms with Crippen LogP contribution in [0.5, 0.6) is 0 Å². The number of nitrogens with one attached hydrogen (secondary N) is 1. The highest BCUT2D eigenvalue weighted by Crippen LogP contribution is 2.44. The van der Waals surface area contributed by atoms with Gasteiger partial charge in [-0.2, -0.15) is 0 Å². The Morgan fingerprint density at radius 2 is 1.86 bits per heavy atom. The molecule has 1 N–H and O–H groups in total. The number of halogens is 4. The van der Waals surface area contributed by atoms with Gasteiger partial charge in [-0.3, -0.25) is 9.36 Å². The molecule has 190 valence electrons. The molecule has 0 unspecified atom stereocenters. The zero-order valence-corrected chi connectivity index (χ0v) is 21.4. The third-order valence-corrected chi connectivity index (χ3v) is 7.06. The minimum atomic E-state index is -1.25. The van der Waals surface area contributed by atoms with Crippen LogP contribution in [0.2, 0.25) is 10.0 Å². The van der Waals surface area contributed by atoms with Crippen LogP contribution in [0.1, 0.15) is 45.2 Å². The summed E-state index contributed by atoms with van der Waals surface area (Å²) in [5.74, 6) is -1.34. The number of carbonyl (C=O) groups is 1. The van der Waals surface area contributed by atoms with Gasteiger partial charge in [0.15, 0.2) is 5.82 Å². The molecule has 0 spiro atoms. The molecule has 0 radical (unpaired) electrons. The lowest BCUT2D eigenvalue weighted by Crippen LogP contribution is -2.66. The van der Waals surface area contributed by atoms with Crippen LogP contribution in [0.15, 0.2) is 35.4 Å². The summed E-state index contributed by atoms with van der Waals surface area (Å²) in [6, 6.07) is 5.25. The van der Waals surface area contributed by atoms with Gasteiger partial charge in [0.2, 0.25) is 0 Å². The highest BCUT2D eigenvalue weighted by atomic mass is 35.5. The topological polar surface area (TPSA) is 76.5 Å². The summed E-state index contributed by atoms with van der Waals surface area (Å²) in [7, 11) is 0. The Bertz CT molecular complexity index is 1440. The van der Waals surface area contributed by atoms with Gasteiger partial charge >= 0.3 is 6.09 Å². The monoisotopic (exact) mass is 536 g/mol. The quantitative estimate of drug-likeness (QED) is 0.421. The average molecular weight is 537 g/mol. The van der Waals surface area contributed by atoms with Crippen LogP contribution in [0.3, 0.4) is 0 Å². The van der Waals surface area contributed by atoms with Crippen molar-refractivity contribution in [3.63, 3.8) is 0 Å². The van der Waals surface area contributed by atoms with Crippen molar-refractivity contribution in [3.05, 3.63) is 68.2 Å². The number of hydrogen-bond acceptors (Lipinski definition) is 5. The SMILES string of the molecule is CC(C)(C)OC(=O)N1CC(Nc2cc(F)c3ncn(C4CC4)c(=O)c3c2)(c2c(F)ccc(Cl)c2Cl)C1. The first-order valence-electron chi connectivity index (χ1n) is 11.5. The van der Waals surface area contributed by atoms with E-state index in [1.54, 1.807) is 20.8 Å². The Hall–Kier alpha value is -2.91. The molecule has 7 nitrogen and oxygen atoms in total. The maximum atomic E-state index is 15.1. The lowest BCUT2D eigenvalue weighted by molar-refractivity contribution is -0.00535. The second-order valence-electron chi connectivity index (χ2n) is 10.3. The van der Waals surface area contributed by atoms with Gasteiger partial charge in [-0.05, 0) is 57.9 Å². The number of benzene rings is 2. The molecule has 1 aliphatic carbocycles. The van der Waals surface area contributed by atoms with E-state index in [9.17, 15) is 9.59 Å². The Morgan fingerprint density at radius 3 is 2.50 bits per heavy atom. The van der Waals surface area contributed by atoms with Crippen molar-refractivity contribution >= 4 is 45.9 Å². The highest BCUT2D eigenvalue weighted by molar-refractivity contribution is 6.42. The lowest BCUT2D eigenvalue weighted by atomic mass is 9.81. The first-order chi connectivity index (χ1) is 16.9. The maximum absolute atomic E-state index is 15.1. The predicted octanol–water partition coefficient (Wildman–Crippen LogP) is 5.87. The number of nitrogens with zero attached hydrogens (tertiary/aromatic N) is 3. The number of ether oxygens (including phenoxy) is 1. The molecule has 36 heavy (non-hydrogen) atoms. The van der Waals surface area contributed by atoms with Crippen molar-refractivity contribution in [1.29, 1.82) is 0 Å². The van der Waals surface area contributed by atoms with E-state index in [0.717, 1.165) is 12.8 Å². The molecular formula is C25H24Cl2F2N4O3. The molecule has 3 aromatic rings. The molecule has 1 saturated carbocycles. The van der Waals surface area contributed by atoms with Crippen molar-refractivity contribution in [3.8, 4) is 0 Å². The first-order valence-corrected chi connectivity index (χ1v) is 12.2. The molecule has 2 aromatic carbocycles. The Balaban J connectivity index is 1.56. The summed E-state index contributed by atoms with van der Waals surface area (Å²) in [5, 5.41) is 3.35. The average Bonchev–Trinajstić information content (AvgIpc) is 3.59. The molecule has 0 bridgehead atoms. The number of hydrogen-bond donors (Lipinski definition) is 1. The minimum absolute atomic E-state index is 0.0213. The smallest absolute Gasteiger partial charge is 0.410 e. The fourth-order valence-electron chi connectivity index (χ4n) is 4.49. The number of rotatable bonds is 4. The first kappa shape index (κ1) is 24.8. The van der Waals surface area contributed by atoms with Crippen molar-refractivity contribution in [2.45, 2.75) is 50.8 Å². The molecule has 2 aliphatic rings. The van der Waals surface area contributed by atoms with Gasteiger partial charge in [-0.25, -0.2) is 18.6 Å². The molecule has 1 saturated heterocycles. The van der Waals surface area contributed by atoms with Crippen LogP contribution >= 0.6 is 23.2 Å². The van der Waals surface area contributed by atoms with Gasteiger partial charge in [0.05, 0.1) is 34.8 Å². The summed E-state index contributed by atoms with van der Waals surface area (Å²) < 4.78 is 37.1. The third kappa shape index (κ3) is 4.39. The van der Waals surface area contributed by atoms with E-state index < -0.39 is 28.9 Å². The normalized spacial score (nSPS) is 17.1. The molecule has 11 heteroatoms. The van der Waals surface area contributed by atoms with E-state index in [0.29, 0.717) is 0 Å². The van der Waals surface area contributed by atoms with Crippen molar-refractivity contribution in [2.75, 3.05) is 18.4 Å². The second-order valence-corrected chi connectivity index (χ2v) is 11.1. The summed E-state index contributed by atoms with van der Waals surface area (Å²) in [4.78, 5) is 31.2. The summed E-state index contributed by atoms with van der Waals surface area (Å²) in [6.45, 7) is 5.16. The van der Waals surface area contributed by atoms with Crippen LogP contribution < -0.4 is 10.9 Å². The van der Waals surface area contributed by atoms with Gasteiger partial charge < -0.3 is 15.0 Å². The number of amides is 1. The number of carbonyl (C=O) groups excluding carboxylic acids is 1. The zero-order valence-electron chi connectivity index (χ0n) is 19.9. The van der Waals surface area contributed by atoms with E-state index in [4.69, 9.17) is 27.9 Å². The molecule has 1 aromatic heterocycles. The standard InChI is InChI=1S/C25H24Cl2F2N4O3/c1-24(2,3)36-23(35)32-10-25(11-32,19-17(28)7-6-16(26)20(19)27)31-13-8-15-21(18(29)9-13)30-12-33(22(15)34)14-4-5-14/h6-9,12,14,31H,4-5,10-11H2,1-3H3. The second kappa shape index (κ2) is 8.59. The maximum Gasteiger partial charge on any atom is 0.410 e. The predicted molar refractivity (Wildman–Crippen MR) is 134 cm³/mol. The van der Waals surface area contributed by atoms with Crippen LogP contribution in [0.25, 0.3) is 10.9 Å². The minimum Gasteiger partial charge on any atom is -0.444 e. The van der Waals surface area contributed by atoms with E-state index in [2.05, 4.69) is 10.3 Å². The van der Waals surface area contributed by atoms with Gasteiger partial charge in [0.25, 0.3) is 5.56 Å². The van der Waals surface area contributed by atoms with E-state index in [1.807, 2.05) is 0 Å². The highest BCUT2D eigenvalue weighted by Gasteiger charge is 2.51. The molecule has 1 amide bonds. The van der Waals surface area contributed by atoms with Crippen molar-refractivity contribution in [2.24, 2.45) is 0 Å². The fraction of sp³-hybridized carbons (Fsp3) is 0.400. The van der Waals surface area contributed by atoms with Crippen molar-refractivity contribution in [1.82, 2.24) is 14.5 Å². The largest absolute Gasteiger partial charge is 0.444 e. The van der Waals surface area contributed by atoms with E-state index in [-0.39, 0.29) is 56.9 Å². The number of fused-ring (bicyclic) bond motifs is 1. The molecule has 0 atom stereocenters. The van der Waals surface area contributed by atoms with Gasteiger partial charge in [0, 0.05) is 17.3 Å². The third-order valence-electron chi connectivity index (χ3n) is 6.26. The molecule has 2 fully saturated rings. The summed E-state index contributed by atoms with van der Waals surface area (Å²) in [5.41, 5.74) is -2.12. The van der Waals surface area contributed by atoms with E-state index >= 15 is 8.78 Å². The van der Waals surface area contributed by atoms with Crippen LogP contribution in [-0.2, 0) is 10.3 Å². The van der Waals surface area contributed by atoms with E-state index in [1.165, 1.54) is 40.1 Å². The number of anilines is 1. The molecule has 2 heterocycles. The van der Waals surface area contributed by atoms with Gasteiger partial charge in [0.1, 0.15) is 22.5 Å². The van der Waals surface area contributed by atoms with Crippen LogP contribution in [0, 0.1) is 11.6 Å². The van der Waals surface area contributed by atoms with Crippen LogP contribution in [0.4, 0.5) is 19.3 Å². The summed E-state index contributed by atoms with van der Waals surface area (Å²) >= 11 is 12.6. The number of aromatic nitrogens is 2. The number of likely N-dealkylation sites (tertiary alicyclic amines) is 1. The Morgan fingerprint density at radius 1 is 1.17 bits per heavy atom. The Labute approximate surface area is 216 Å². The molecular weight excluding hydrogens is 513 g/mol. The molecule has 5 rings (SSSR count). The molecule has 1 aliphatic heterocycles. The lowest BCUT2D eigenvalue weighted by Gasteiger charge is -2.51. The van der Waals surface area contributed by atoms with Gasteiger partial charge in [-0.15, -0.1) is 0 Å². The van der Waals surface area contributed by atoms with Crippen molar-refractivity contribution < 1.29 is 18.3 Å². The zero-order chi connectivity index (χ0) is 26.0. The van der Waals surface area contributed by atoms with Gasteiger partial charge in [-0.1, -0.05) is 23.2 Å².